The van der Waals surface area contributed by atoms with E-state index in [4.69, 9.17) is 11.6 Å². The van der Waals surface area contributed by atoms with E-state index in [1.165, 1.54) is 0 Å². The summed E-state index contributed by atoms with van der Waals surface area (Å²) in [6.45, 7) is 7.97. The van der Waals surface area contributed by atoms with Crippen LogP contribution in [0.3, 0.4) is 0 Å². The lowest BCUT2D eigenvalue weighted by atomic mass is 10.2. The predicted molar refractivity (Wildman–Crippen MR) is 72.7 cm³/mol. The third kappa shape index (κ3) is 4.08. The third-order valence-electron chi connectivity index (χ3n) is 2.46. The van der Waals surface area contributed by atoms with Gasteiger partial charge in [-0.1, -0.05) is 49.0 Å². The molecule has 0 radical (unpaired) electrons. The second-order valence-electron chi connectivity index (χ2n) is 3.60. The lowest BCUT2D eigenvalue weighted by molar-refractivity contribution is -0.125. The van der Waals surface area contributed by atoms with Crippen molar-refractivity contribution >= 4 is 23.6 Å². The quantitative estimate of drug-likeness (QED) is 0.782. The van der Waals surface area contributed by atoms with Gasteiger partial charge >= 0.3 is 0 Å². The van der Waals surface area contributed by atoms with Crippen LogP contribution < -0.4 is 0 Å². The molecule has 0 atom stereocenters. The SMILES string of the molecule is C=CN1CCCC1=O.C=Cc1ccccc1Cl. The Labute approximate surface area is 107 Å². The predicted octanol–water partition coefficient (Wildman–Crippen LogP) is 3.74. The molecule has 90 valence electrons. The molecule has 0 aromatic heterocycles. The number of rotatable bonds is 2. The Hall–Kier alpha value is -1.54. The molecule has 1 aliphatic heterocycles. The Bertz CT molecular complexity index is 414. The summed E-state index contributed by atoms with van der Waals surface area (Å²) in [5.41, 5.74) is 0.985. The highest BCUT2D eigenvalue weighted by Crippen LogP contribution is 2.14. The molecule has 2 nitrogen and oxygen atoms in total. The molecule has 0 N–H and O–H groups in total. The summed E-state index contributed by atoms with van der Waals surface area (Å²) in [5.74, 6) is 0.208. The summed E-state index contributed by atoms with van der Waals surface area (Å²) >= 11 is 5.75. The van der Waals surface area contributed by atoms with Gasteiger partial charge in [-0.2, -0.15) is 0 Å². The van der Waals surface area contributed by atoms with Gasteiger partial charge in [0.1, 0.15) is 0 Å². The average Bonchev–Trinajstić information content (AvgIpc) is 2.76. The van der Waals surface area contributed by atoms with E-state index in [0.717, 1.165) is 23.6 Å². The molecule has 1 fully saturated rings. The van der Waals surface area contributed by atoms with Gasteiger partial charge in [0.05, 0.1) is 0 Å². The molecule has 0 unspecified atom stereocenters. The number of hydrogen-bond donors (Lipinski definition) is 0. The fraction of sp³-hybridized carbons (Fsp3) is 0.214. The molecule has 1 aromatic rings. The summed E-state index contributed by atoms with van der Waals surface area (Å²) in [6, 6.07) is 7.60. The van der Waals surface area contributed by atoms with E-state index in [-0.39, 0.29) is 5.91 Å². The molecule has 1 aliphatic rings. The average molecular weight is 250 g/mol. The Kier molecular flexibility index (Phi) is 5.50. The largest absolute Gasteiger partial charge is 0.320 e. The molecule has 1 heterocycles. The van der Waals surface area contributed by atoms with Crippen LogP contribution in [0.25, 0.3) is 6.08 Å². The lowest BCUT2D eigenvalue weighted by Crippen LogP contribution is -2.16. The molecule has 0 aliphatic carbocycles. The molecular formula is C14H16ClNO. The Morgan fingerprint density at radius 2 is 2.00 bits per heavy atom. The molecular weight excluding hydrogens is 234 g/mol. The van der Waals surface area contributed by atoms with E-state index in [9.17, 15) is 4.79 Å². The minimum Gasteiger partial charge on any atom is -0.320 e. The van der Waals surface area contributed by atoms with Crippen LogP contribution in [0.15, 0.2) is 43.6 Å². The standard InChI is InChI=1S/C8H7Cl.C6H9NO/c1-2-7-5-3-4-6-8(7)9;1-2-7-5-3-4-6(7)8/h2-6H,1H2;2H,1,3-5H2. The molecule has 3 heteroatoms. The minimum absolute atomic E-state index is 0.208. The smallest absolute Gasteiger partial charge is 0.226 e. The van der Waals surface area contributed by atoms with Crippen LogP contribution in [0.5, 0.6) is 0 Å². The van der Waals surface area contributed by atoms with E-state index in [1.807, 2.05) is 24.3 Å². The second-order valence-corrected chi connectivity index (χ2v) is 4.01. The number of hydrogen-bond acceptors (Lipinski definition) is 1. The summed E-state index contributed by atoms with van der Waals surface area (Å²) < 4.78 is 0. The lowest BCUT2D eigenvalue weighted by Gasteiger charge is -2.05. The molecule has 0 bridgehead atoms. The number of carbonyl (C=O) groups is 1. The Morgan fingerprint density at radius 1 is 1.29 bits per heavy atom. The first-order valence-electron chi connectivity index (χ1n) is 5.48. The van der Waals surface area contributed by atoms with Crippen LogP contribution >= 0.6 is 11.6 Å². The van der Waals surface area contributed by atoms with E-state index >= 15 is 0 Å². The number of nitrogens with zero attached hydrogens (tertiary/aromatic N) is 1. The minimum atomic E-state index is 0.208. The van der Waals surface area contributed by atoms with Crippen molar-refractivity contribution in [2.24, 2.45) is 0 Å². The summed E-state index contributed by atoms with van der Waals surface area (Å²) in [5, 5.41) is 0.757. The van der Waals surface area contributed by atoms with Gasteiger partial charge in [-0.3, -0.25) is 4.79 Å². The molecule has 2 rings (SSSR count). The van der Waals surface area contributed by atoms with Gasteiger partial charge in [0.15, 0.2) is 0 Å². The Balaban J connectivity index is 0.000000171. The molecule has 0 spiro atoms. The van der Waals surface area contributed by atoms with Crippen LogP contribution in [0.1, 0.15) is 18.4 Å². The maximum Gasteiger partial charge on any atom is 0.226 e. The first-order valence-corrected chi connectivity index (χ1v) is 5.86. The van der Waals surface area contributed by atoms with Gasteiger partial charge in [-0.25, -0.2) is 0 Å². The first kappa shape index (κ1) is 13.5. The van der Waals surface area contributed by atoms with Crippen LogP contribution in [-0.4, -0.2) is 17.4 Å². The monoisotopic (exact) mass is 249 g/mol. The van der Waals surface area contributed by atoms with Crippen molar-refractivity contribution in [3.05, 3.63) is 54.2 Å². The highest BCUT2D eigenvalue weighted by Gasteiger charge is 2.15. The van der Waals surface area contributed by atoms with Crippen molar-refractivity contribution in [2.75, 3.05) is 6.54 Å². The fourth-order valence-electron chi connectivity index (χ4n) is 1.50. The van der Waals surface area contributed by atoms with E-state index in [2.05, 4.69) is 13.2 Å². The van der Waals surface area contributed by atoms with Gasteiger partial charge < -0.3 is 4.90 Å². The maximum atomic E-state index is 10.7. The van der Waals surface area contributed by atoms with Crippen LogP contribution in [0.2, 0.25) is 5.02 Å². The number of halogens is 1. The maximum absolute atomic E-state index is 10.7. The van der Waals surface area contributed by atoms with Crippen molar-refractivity contribution in [2.45, 2.75) is 12.8 Å². The van der Waals surface area contributed by atoms with Gasteiger partial charge in [-0.05, 0) is 24.3 Å². The molecule has 1 saturated heterocycles. The fourth-order valence-corrected chi connectivity index (χ4v) is 1.72. The van der Waals surface area contributed by atoms with Crippen LogP contribution in [0.4, 0.5) is 0 Å². The van der Waals surface area contributed by atoms with Crippen molar-refractivity contribution in [1.29, 1.82) is 0 Å². The van der Waals surface area contributed by atoms with E-state index in [0.29, 0.717) is 6.42 Å². The number of carbonyl (C=O) groups excluding carboxylic acids is 1. The zero-order valence-electron chi connectivity index (χ0n) is 9.73. The van der Waals surface area contributed by atoms with Gasteiger partial charge in [-0.15, -0.1) is 0 Å². The number of benzene rings is 1. The highest BCUT2D eigenvalue weighted by atomic mass is 35.5. The third-order valence-corrected chi connectivity index (χ3v) is 2.80. The zero-order chi connectivity index (χ0) is 12.7. The van der Waals surface area contributed by atoms with Crippen molar-refractivity contribution in [1.82, 2.24) is 4.90 Å². The van der Waals surface area contributed by atoms with Crippen molar-refractivity contribution in [3.63, 3.8) is 0 Å². The highest BCUT2D eigenvalue weighted by molar-refractivity contribution is 6.32. The normalized spacial score (nSPS) is 13.9. The molecule has 17 heavy (non-hydrogen) atoms. The van der Waals surface area contributed by atoms with Crippen molar-refractivity contribution in [3.8, 4) is 0 Å². The second kappa shape index (κ2) is 6.92. The number of amides is 1. The molecule has 1 amide bonds. The first-order chi connectivity index (χ1) is 8.19. The van der Waals surface area contributed by atoms with Crippen molar-refractivity contribution < 1.29 is 4.79 Å². The zero-order valence-corrected chi connectivity index (χ0v) is 10.5. The molecule has 1 aromatic carbocycles. The number of likely N-dealkylation sites (tertiary alicyclic amines) is 1. The topological polar surface area (TPSA) is 20.3 Å². The van der Waals surface area contributed by atoms with E-state index < -0.39 is 0 Å². The molecule has 0 saturated carbocycles. The summed E-state index contributed by atoms with van der Waals surface area (Å²) in [4.78, 5) is 12.3. The van der Waals surface area contributed by atoms with Gasteiger partial charge in [0.2, 0.25) is 5.91 Å². The van der Waals surface area contributed by atoms with Gasteiger partial charge in [0.25, 0.3) is 0 Å². The van der Waals surface area contributed by atoms with Gasteiger partial charge in [0, 0.05) is 18.0 Å². The summed E-state index contributed by atoms with van der Waals surface area (Å²) in [7, 11) is 0. The van der Waals surface area contributed by atoms with E-state index in [1.54, 1.807) is 17.2 Å². The Morgan fingerprint density at radius 3 is 2.35 bits per heavy atom. The van der Waals surface area contributed by atoms with Crippen LogP contribution in [0, 0.1) is 0 Å². The van der Waals surface area contributed by atoms with Crippen LogP contribution in [-0.2, 0) is 4.79 Å². The summed E-state index contributed by atoms with van der Waals surface area (Å²) in [6.07, 6.45) is 5.02.